The van der Waals surface area contributed by atoms with Crippen molar-refractivity contribution in [2.24, 2.45) is 10.1 Å². The minimum atomic E-state index is -0.246. The van der Waals surface area contributed by atoms with Crippen LogP contribution < -0.4 is 21.5 Å². The van der Waals surface area contributed by atoms with E-state index in [9.17, 15) is 9.59 Å². The first-order valence-corrected chi connectivity index (χ1v) is 11.8. The fourth-order valence-corrected chi connectivity index (χ4v) is 4.43. The van der Waals surface area contributed by atoms with Crippen LogP contribution in [0.1, 0.15) is 38.6 Å². The van der Waals surface area contributed by atoms with Gasteiger partial charge in [-0.05, 0) is 44.7 Å². The number of aliphatic imine (C=N–C) groups is 1. The van der Waals surface area contributed by atoms with Crippen LogP contribution in [0.15, 0.2) is 56.5 Å². The molecule has 3 N–H and O–H groups in total. The van der Waals surface area contributed by atoms with Gasteiger partial charge in [-0.25, -0.2) is 0 Å². The summed E-state index contributed by atoms with van der Waals surface area (Å²) >= 11 is 0. The second-order valence-electron chi connectivity index (χ2n) is 8.75. The van der Waals surface area contributed by atoms with E-state index in [4.69, 9.17) is 9.47 Å². The van der Waals surface area contributed by atoms with E-state index in [-0.39, 0.29) is 29.7 Å². The first-order valence-electron chi connectivity index (χ1n) is 11.8. The lowest BCUT2D eigenvalue weighted by atomic mass is 9.89. The second-order valence-corrected chi connectivity index (χ2v) is 8.75. The summed E-state index contributed by atoms with van der Waals surface area (Å²) in [5.41, 5.74) is 0.643. The molecule has 188 valence electrons. The predicted molar refractivity (Wildman–Crippen MR) is 134 cm³/mol. The number of hydrogen-bond donors (Lipinski definition) is 3. The number of hydrogen-bond acceptors (Lipinski definition) is 8. The number of amidine groups is 1. The van der Waals surface area contributed by atoms with Gasteiger partial charge < -0.3 is 30.0 Å². The maximum Gasteiger partial charge on any atom is 0.274 e. The summed E-state index contributed by atoms with van der Waals surface area (Å²) in [5, 5.41) is 14.9. The third-order valence-electron chi connectivity index (χ3n) is 6.63. The molecule has 3 heterocycles. The number of pyridine rings is 1. The number of anilines is 1. The minimum Gasteiger partial charge on any atom is -0.379 e. The quantitative estimate of drug-likeness (QED) is 0.397. The van der Waals surface area contributed by atoms with E-state index in [1.54, 1.807) is 44.0 Å². The molecule has 0 bridgehead atoms. The SMILES string of the molecule is C=NN1C(=NC)C=C(Nc2cccn([C@@H]3CCCOC3)c2=O)N/C1=C(/C)C(=O)NC1CCC1OC. The zero-order valence-electron chi connectivity index (χ0n) is 20.4. The maximum absolute atomic E-state index is 13.2. The molecule has 11 heteroatoms. The average Bonchev–Trinajstić information content (AvgIpc) is 2.87. The van der Waals surface area contributed by atoms with Crippen LogP contribution in [0.2, 0.25) is 0 Å². The zero-order chi connectivity index (χ0) is 24.9. The van der Waals surface area contributed by atoms with Crippen LogP contribution >= 0.6 is 0 Å². The fourth-order valence-electron chi connectivity index (χ4n) is 4.43. The fraction of sp³-hybridized carbons (Fsp3) is 0.500. The zero-order valence-corrected chi connectivity index (χ0v) is 20.4. The van der Waals surface area contributed by atoms with E-state index in [1.807, 2.05) is 6.07 Å². The van der Waals surface area contributed by atoms with Gasteiger partial charge in [0, 0.05) is 39.8 Å². The van der Waals surface area contributed by atoms with Crippen molar-refractivity contribution in [3.8, 4) is 0 Å². The summed E-state index contributed by atoms with van der Waals surface area (Å²) in [6.07, 6.45) is 7.10. The third kappa shape index (κ3) is 5.15. The molecule has 1 aromatic heterocycles. The van der Waals surface area contributed by atoms with Gasteiger partial charge in [0.05, 0.1) is 30.4 Å². The largest absolute Gasteiger partial charge is 0.379 e. The normalized spacial score (nSPS) is 26.8. The number of aromatic nitrogens is 1. The van der Waals surface area contributed by atoms with Gasteiger partial charge >= 0.3 is 0 Å². The highest BCUT2D eigenvalue weighted by atomic mass is 16.5. The number of rotatable bonds is 7. The molecular formula is C24H33N7O4. The van der Waals surface area contributed by atoms with Gasteiger partial charge in [0.15, 0.2) is 5.84 Å². The van der Waals surface area contributed by atoms with Crippen molar-refractivity contribution in [1.82, 2.24) is 20.2 Å². The third-order valence-corrected chi connectivity index (χ3v) is 6.63. The summed E-state index contributed by atoms with van der Waals surface area (Å²) in [5.74, 6) is 1.09. The minimum absolute atomic E-state index is 0.00310. The highest BCUT2D eigenvalue weighted by molar-refractivity contribution is 5.99. The summed E-state index contributed by atoms with van der Waals surface area (Å²) in [6.45, 7) is 6.57. The van der Waals surface area contributed by atoms with Crippen LogP contribution in [0.4, 0.5) is 5.69 Å². The molecule has 2 unspecified atom stereocenters. The van der Waals surface area contributed by atoms with E-state index in [0.717, 1.165) is 32.3 Å². The summed E-state index contributed by atoms with van der Waals surface area (Å²) < 4.78 is 12.6. The molecule has 1 saturated carbocycles. The molecule has 35 heavy (non-hydrogen) atoms. The Balaban J connectivity index is 1.59. The van der Waals surface area contributed by atoms with Crippen LogP contribution in [0.5, 0.6) is 0 Å². The molecule has 1 aliphatic carbocycles. The lowest BCUT2D eigenvalue weighted by Gasteiger charge is -2.36. The molecule has 4 rings (SSSR count). The first-order chi connectivity index (χ1) is 17.0. The van der Waals surface area contributed by atoms with E-state index >= 15 is 0 Å². The topological polar surface area (TPSA) is 122 Å². The number of carbonyl (C=O) groups excluding carboxylic acids is 1. The number of hydrazone groups is 1. The van der Waals surface area contributed by atoms with Crippen molar-refractivity contribution in [2.45, 2.75) is 50.8 Å². The van der Waals surface area contributed by atoms with Gasteiger partial charge in [-0.15, -0.1) is 0 Å². The summed E-state index contributed by atoms with van der Waals surface area (Å²) in [4.78, 5) is 30.5. The van der Waals surface area contributed by atoms with Crippen molar-refractivity contribution >= 4 is 24.1 Å². The molecule has 1 amide bonds. The second kappa shape index (κ2) is 10.9. The van der Waals surface area contributed by atoms with Crippen LogP contribution in [-0.4, -0.2) is 67.6 Å². The highest BCUT2D eigenvalue weighted by Crippen LogP contribution is 2.24. The number of carbonyl (C=O) groups is 1. The molecule has 11 nitrogen and oxygen atoms in total. The van der Waals surface area contributed by atoms with Crippen LogP contribution in [0.25, 0.3) is 0 Å². The summed E-state index contributed by atoms with van der Waals surface area (Å²) in [7, 11) is 3.27. The molecule has 0 spiro atoms. The number of amides is 1. The van der Waals surface area contributed by atoms with E-state index in [2.05, 4.69) is 32.8 Å². The Morgan fingerprint density at radius 3 is 2.80 bits per heavy atom. The molecule has 0 radical (unpaired) electrons. The average molecular weight is 484 g/mol. The molecule has 2 fully saturated rings. The Bertz CT molecular complexity index is 1120. The predicted octanol–water partition coefficient (Wildman–Crippen LogP) is 1.53. The monoisotopic (exact) mass is 483 g/mol. The van der Waals surface area contributed by atoms with Gasteiger partial charge in [0.2, 0.25) is 0 Å². The first kappa shape index (κ1) is 24.7. The Hall–Kier alpha value is -3.44. The lowest BCUT2D eigenvalue weighted by molar-refractivity contribution is -0.120. The number of nitrogens with one attached hydrogen (secondary N) is 3. The number of ether oxygens (including phenoxy) is 2. The molecule has 3 aliphatic rings. The summed E-state index contributed by atoms with van der Waals surface area (Å²) in [6, 6.07) is 3.52. The van der Waals surface area contributed by atoms with Crippen molar-refractivity contribution in [1.29, 1.82) is 0 Å². The van der Waals surface area contributed by atoms with Gasteiger partial charge in [-0.3, -0.25) is 14.6 Å². The molecule has 0 aromatic carbocycles. The molecule has 1 saturated heterocycles. The van der Waals surface area contributed by atoms with Crippen LogP contribution in [0.3, 0.4) is 0 Å². The maximum atomic E-state index is 13.2. The van der Waals surface area contributed by atoms with Crippen molar-refractivity contribution in [3.05, 3.63) is 52.0 Å². The van der Waals surface area contributed by atoms with Crippen LogP contribution in [0, 0.1) is 0 Å². The van der Waals surface area contributed by atoms with E-state index in [0.29, 0.717) is 35.3 Å². The van der Waals surface area contributed by atoms with Crippen molar-refractivity contribution in [2.75, 3.05) is 32.7 Å². The smallest absolute Gasteiger partial charge is 0.274 e. The standard InChI is InChI=1S/C24H33N7O4/c1-15(23(32)28-17-9-10-19(17)34-4)22-29-20(13-21(25-2)31(22)26-3)27-18-8-5-11-30(24(18)33)16-7-6-12-35-14-16/h5,8,11,13,16-17,19,27,29H,3,6-7,9-10,12,14H2,1-2,4H3,(H,28,32)/b22-15+,25-21?/t16-,17?,19?/m1/s1. The van der Waals surface area contributed by atoms with E-state index < -0.39 is 0 Å². The Labute approximate surface area is 204 Å². The van der Waals surface area contributed by atoms with Gasteiger partial charge in [0.25, 0.3) is 11.5 Å². The molecule has 1 aromatic rings. The highest BCUT2D eigenvalue weighted by Gasteiger charge is 2.33. The number of nitrogens with zero attached hydrogens (tertiary/aromatic N) is 4. The number of methoxy groups -OCH3 is 1. The molecule has 2 aliphatic heterocycles. The van der Waals surface area contributed by atoms with Gasteiger partial charge in [-0.1, -0.05) is 0 Å². The van der Waals surface area contributed by atoms with Crippen LogP contribution in [-0.2, 0) is 14.3 Å². The lowest BCUT2D eigenvalue weighted by Crippen LogP contribution is -2.52. The Morgan fingerprint density at radius 2 is 2.17 bits per heavy atom. The Morgan fingerprint density at radius 1 is 1.34 bits per heavy atom. The molecular weight excluding hydrogens is 450 g/mol. The Kier molecular flexibility index (Phi) is 7.67. The van der Waals surface area contributed by atoms with E-state index in [1.165, 1.54) is 5.01 Å². The van der Waals surface area contributed by atoms with Crippen molar-refractivity contribution in [3.63, 3.8) is 0 Å². The van der Waals surface area contributed by atoms with Crippen molar-refractivity contribution < 1.29 is 14.3 Å². The van der Waals surface area contributed by atoms with Gasteiger partial charge in [-0.2, -0.15) is 10.1 Å². The molecule has 3 atom stereocenters. The van der Waals surface area contributed by atoms with Gasteiger partial charge in [0.1, 0.15) is 17.3 Å².